The molecule has 0 aliphatic heterocycles. The SMILES string of the molecule is CC(NC(=O)C(Cc1ccccc1)NC(=O)OCc1ccccc1)C(=O)C(F)c1ccccc1. The van der Waals surface area contributed by atoms with Gasteiger partial charge in [-0.25, -0.2) is 9.18 Å². The number of carbonyl (C=O) groups excluding carboxylic acids is 3. The van der Waals surface area contributed by atoms with Crippen molar-refractivity contribution in [1.82, 2.24) is 10.6 Å². The molecule has 0 spiro atoms. The van der Waals surface area contributed by atoms with Crippen LogP contribution in [0, 0.1) is 0 Å². The summed E-state index contributed by atoms with van der Waals surface area (Å²) < 4.78 is 19.9. The number of carbonyl (C=O) groups is 3. The smallest absolute Gasteiger partial charge is 0.408 e. The first-order valence-electron chi connectivity index (χ1n) is 11.0. The van der Waals surface area contributed by atoms with Gasteiger partial charge < -0.3 is 15.4 Å². The highest BCUT2D eigenvalue weighted by atomic mass is 19.1. The van der Waals surface area contributed by atoms with E-state index in [1.807, 2.05) is 60.7 Å². The van der Waals surface area contributed by atoms with Gasteiger partial charge in [0, 0.05) is 6.42 Å². The second kappa shape index (κ2) is 12.3. The number of alkyl halides is 1. The highest BCUT2D eigenvalue weighted by molar-refractivity contribution is 5.94. The molecule has 0 fully saturated rings. The largest absolute Gasteiger partial charge is 0.445 e. The molecule has 2 N–H and O–H groups in total. The molecule has 0 saturated carbocycles. The van der Waals surface area contributed by atoms with Gasteiger partial charge in [0.25, 0.3) is 0 Å². The van der Waals surface area contributed by atoms with Gasteiger partial charge in [-0.3, -0.25) is 9.59 Å². The number of hydrogen-bond acceptors (Lipinski definition) is 4. The lowest BCUT2D eigenvalue weighted by molar-refractivity contribution is -0.131. The number of Topliss-reactive ketones (excluding diaryl/α,β-unsaturated/α-hetero) is 1. The second-order valence-electron chi connectivity index (χ2n) is 7.85. The van der Waals surface area contributed by atoms with Crippen molar-refractivity contribution in [2.75, 3.05) is 0 Å². The average Bonchev–Trinajstić information content (AvgIpc) is 2.88. The Kier molecular flexibility index (Phi) is 8.91. The van der Waals surface area contributed by atoms with Gasteiger partial charge in [0.2, 0.25) is 5.91 Å². The second-order valence-corrected chi connectivity index (χ2v) is 7.85. The van der Waals surface area contributed by atoms with Crippen LogP contribution < -0.4 is 10.6 Å². The molecule has 0 bridgehead atoms. The first-order chi connectivity index (χ1) is 16.4. The van der Waals surface area contributed by atoms with Crippen molar-refractivity contribution in [3.8, 4) is 0 Å². The maximum Gasteiger partial charge on any atom is 0.408 e. The molecule has 0 heterocycles. The molecule has 3 aromatic carbocycles. The Balaban J connectivity index is 1.64. The molecular weight excluding hydrogens is 435 g/mol. The molecular formula is C27H27FN2O4. The molecule has 2 amide bonds. The van der Waals surface area contributed by atoms with Gasteiger partial charge in [0.15, 0.2) is 12.0 Å². The number of ether oxygens (including phenoxy) is 1. The summed E-state index contributed by atoms with van der Waals surface area (Å²) in [7, 11) is 0. The van der Waals surface area contributed by atoms with E-state index in [-0.39, 0.29) is 18.6 Å². The van der Waals surface area contributed by atoms with Crippen LogP contribution in [0.5, 0.6) is 0 Å². The molecule has 34 heavy (non-hydrogen) atoms. The van der Waals surface area contributed by atoms with E-state index in [1.54, 1.807) is 18.2 Å². The van der Waals surface area contributed by atoms with Crippen molar-refractivity contribution in [2.24, 2.45) is 0 Å². The van der Waals surface area contributed by atoms with Gasteiger partial charge in [-0.2, -0.15) is 0 Å². The predicted octanol–water partition coefficient (Wildman–Crippen LogP) is 4.31. The predicted molar refractivity (Wildman–Crippen MR) is 127 cm³/mol. The lowest BCUT2D eigenvalue weighted by Gasteiger charge is -2.22. The maximum absolute atomic E-state index is 14.7. The minimum atomic E-state index is -1.87. The third kappa shape index (κ3) is 7.27. The Bertz CT molecular complexity index is 1080. The van der Waals surface area contributed by atoms with Crippen LogP contribution in [0.4, 0.5) is 9.18 Å². The zero-order chi connectivity index (χ0) is 24.3. The van der Waals surface area contributed by atoms with Gasteiger partial charge in [-0.05, 0) is 23.6 Å². The molecule has 3 aromatic rings. The van der Waals surface area contributed by atoms with E-state index in [0.29, 0.717) is 0 Å². The van der Waals surface area contributed by atoms with Crippen molar-refractivity contribution >= 4 is 17.8 Å². The summed E-state index contributed by atoms with van der Waals surface area (Å²) in [6.45, 7) is 1.46. The van der Waals surface area contributed by atoms with Crippen molar-refractivity contribution in [3.05, 3.63) is 108 Å². The number of hydrogen-bond donors (Lipinski definition) is 2. The van der Waals surface area contributed by atoms with E-state index < -0.39 is 36.0 Å². The molecule has 0 aliphatic rings. The molecule has 0 aliphatic carbocycles. The molecule has 0 radical (unpaired) electrons. The number of halogens is 1. The van der Waals surface area contributed by atoms with Gasteiger partial charge >= 0.3 is 6.09 Å². The van der Waals surface area contributed by atoms with Crippen LogP contribution in [0.15, 0.2) is 91.0 Å². The van der Waals surface area contributed by atoms with Crippen LogP contribution in [0.2, 0.25) is 0 Å². The molecule has 3 unspecified atom stereocenters. The Labute approximate surface area is 198 Å². The van der Waals surface area contributed by atoms with E-state index in [4.69, 9.17) is 4.74 Å². The molecule has 176 valence electrons. The summed E-state index contributed by atoms with van der Waals surface area (Å²) in [5.74, 6) is -1.38. The average molecular weight is 463 g/mol. The minimum Gasteiger partial charge on any atom is -0.445 e. The van der Waals surface area contributed by atoms with Crippen LogP contribution in [0.25, 0.3) is 0 Å². The zero-order valence-electron chi connectivity index (χ0n) is 18.8. The number of benzene rings is 3. The van der Waals surface area contributed by atoms with E-state index >= 15 is 0 Å². The molecule has 3 rings (SSSR count). The molecule has 0 aromatic heterocycles. The maximum atomic E-state index is 14.7. The van der Waals surface area contributed by atoms with Gasteiger partial charge in [-0.15, -0.1) is 0 Å². The molecule has 6 nitrogen and oxygen atoms in total. The fourth-order valence-corrected chi connectivity index (χ4v) is 3.36. The van der Waals surface area contributed by atoms with E-state index in [1.165, 1.54) is 19.1 Å². The Morgan fingerprint density at radius 1 is 0.794 bits per heavy atom. The fraction of sp³-hybridized carbons (Fsp3) is 0.222. The molecule has 0 saturated heterocycles. The van der Waals surface area contributed by atoms with Crippen LogP contribution in [-0.4, -0.2) is 29.9 Å². The molecule has 7 heteroatoms. The van der Waals surface area contributed by atoms with Crippen molar-refractivity contribution < 1.29 is 23.5 Å². The zero-order valence-corrected chi connectivity index (χ0v) is 18.8. The van der Waals surface area contributed by atoms with Crippen LogP contribution in [0.1, 0.15) is 29.8 Å². The third-order valence-corrected chi connectivity index (χ3v) is 5.23. The number of nitrogens with one attached hydrogen (secondary N) is 2. The third-order valence-electron chi connectivity index (χ3n) is 5.23. The number of ketones is 1. The monoisotopic (exact) mass is 462 g/mol. The summed E-state index contributed by atoms with van der Waals surface area (Å²) in [5, 5.41) is 5.09. The highest BCUT2D eigenvalue weighted by Gasteiger charge is 2.29. The van der Waals surface area contributed by atoms with Crippen LogP contribution in [0.3, 0.4) is 0 Å². The standard InChI is InChI=1S/C27H27FN2O4/c1-19(25(31)24(28)22-15-9-4-10-16-22)29-26(32)23(17-20-11-5-2-6-12-20)30-27(33)34-18-21-13-7-3-8-14-21/h2-16,19,23-24H,17-18H2,1H3,(H,29,32)(H,30,33). The first-order valence-corrected chi connectivity index (χ1v) is 11.0. The van der Waals surface area contributed by atoms with Crippen molar-refractivity contribution in [2.45, 2.75) is 38.2 Å². The number of amides is 2. The lowest BCUT2D eigenvalue weighted by Crippen LogP contribution is -2.52. The topological polar surface area (TPSA) is 84.5 Å². The summed E-state index contributed by atoms with van der Waals surface area (Å²) in [4.78, 5) is 37.9. The van der Waals surface area contributed by atoms with Crippen molar-refractivity contribution in [1.29, 1.82) is 0 Å². The van der Waals surface area contributed by atoms with E-state index in [9.17, 15) is 18.8 Å². The lowest BCUT2D eigenvalue weighted by atomic mass is 10.0. The Hall–Kier alpha value is -4.00. The van der Waals surface area contributed by atoms with Gasteiger partial charge in [0.1, 0.15) is 12.6 Å². The Morgan fingerprint density at radius 2 is 1.32 bits per heavy atom. The summed E-state index contributed by atoms with van der Waals surface area (Å²) >= 11 is 0. The normalized spacial score (nSPS) is 13.2. The summed E-state index contributed by atoms with van der Waals surface area (Å²) in [5.41, 5.74) is 1.82. The highest BCUT2D eigenvalue weighted by Crippen LogP contribution is 2.19. The Morgan fingerprint density at radius 3 is 1.91 bits per heavy atom. The van der Waals surface area contributed by atoms with Gasteiger partial charge in [0.05, 0.1) is 6.04 Å². The molecule has 3 atom stereocenters. The summed E-state index contributed by atoms with van der Waals surface area (Å²) in [6.07, 6.45) is -2.47. The van der Waals surface area contributed by atoms with Crippen molar-refractivity contribution in [3.63, 3.8) is 0 Å². The fourth-order valence-electron chi connectivity index (χ4n) is 3.36. The van der Waals surface area contributed by atoms with E-state index in [2.05, 4.69) is 10.6 Å². The van der Waals surface area contributed by atoms with Gasteiger partial charge in [-0.1, -0.05) is 91.0 Å². The van der Waals surface area contributed by atoms with Crippen LogP contribution in [-0.2, 0) is 27.4 Å². The minimum absolute atomic E-state index is 0.0435. The van der Waals surface area contributed by atoms with E-state index in [0.717, 1.165) is 11.1 Å². The number of rotatable bonds is 10. The van der Waals surface area contributed by atoms with Crippen LogP contribution >= 0.6 is 0 Å². The first kappa shape index (κ1) is 24.6. The quantitative estimate of drug-likeness (QED) is 0.470. The summed E-state index contributed by atoms with van der Waals surface area (Å²) in [6, 6.07) is 24.2. The number of alkyl carbamates (subject to hydrolysis) is 1.